The molecule has 0 aromatic heterocycles. The van der Waals surface area contributed by atoms with Crippen LogP contribution in [0.2, 0.25) is 0 Å². The molecule has 2 aliphatic heterocycles. The maximum Gasteiger partial charge on any atom is 0.112 e. The first kappa shape index (κ1) is 14.8. The summed E-state index contributed by atoms with van der Waals surface area (Å²) in [6, 6.07) is 0.213. The van der Waals surface area contributed by atoms with E-state index in [1.807, 2.05) is 0 Å². The molecule has 0 amide bonds. The lowest BCUT2D eigenvalue weighted by Gasteiger charge is -2.38. The number of rotatable bonds is 6. The first-order valence-electron chi connectivity index (χ1n) is 7.75. The maximum absolute atomic E-state index is 6.00. The smallest absolute Gasteiger partial charge is 0.112 e. The minimum Gasteiger partial charge on any atom is -0.496 e. The lowest BCUT2D eigenvalue weighted by atomic mass is 10.0. The van der Waals surface area contributed by atoms with Gasteiger partial charge >= 0.3 is 0 Å². The van der Waals surface area contributed by atoms with E-state index in [4.69, 9.17) is 9.47 Å². The molecule has 110 valence electrons. The van der Waals surface area contributed by atoms with Crippen LogP contribution in [0.25, 0.3) is 0 Å². The average Bonchev–Trinajstić information content (AvgIpc) is 2.46. The zero-order valence-corrected chi connectivity index (χ0v) is 12.4. The Morgan fingerprint density at radius 3 is 3.00 bits per heavy atom. The summed E-state index contributed by atoms with van der Waals surface area (Å²) in [6.07, 6.45) is 5.92. The van der Waals surface area contributed by atoms with Crippen molar-refractivity contribution < 1.29 is 9.47 Å². The van der Waals surface area contributed by atoms with Crippen molar-refractivity contribution in [3.8, 4) is 0 Å². The van der Waals surface area contributed by atoms with Gasteiger partial charge in [-0.05, 0) is 38.4 Å². The monoisotopic (exact) mass is 268 g/mol. The van der Waals surface area contributed by atoms with Gasteiger partial charge in [0.15, 0.2) is 0 Å². The molecule has 0 aromatic carbocycles. The molecule has 1 saturated heterocycles. The lowest BCUT2D eigenvalue weighted by Crippen LogP contribution is -2.53. The molecule has 0 saturated carbocycles. The highest BCUT2D eigenvalue weighted by molar-refractivity contribution is 5.09. The lowest BCUT2D eigenvalue weighted by molar-refractivity contribution is -0.0494. The van der Waals surface area contributed by atoms with E-state index in [0.717, 1.165) is 51.4 Å². The zero-order valence-electron chi connectivity index (χ0n) is 12.4. The van der Waals surface area contributed by atoms with Crippen LogP contribution in [0.1, 0.15) is 33.1 Å². The first-order valence-corrected chi connectivity index (χ1v) is 7.75. The Kier molecular flexibility index (Phi) is 6.14. The van der Waals surface area contributed by atoms with E-state index in [2.05, 4.69) is 30.1 Å². The molecule has 1 fully saturated rings. The molecular formula is C15H28N2O2. The van der Waals surface area contributed by atoms with Gasteiger partial charge in [-0.3, -0.25) is 4.90 Å². The molecule has 1 N–H and O–H groups in total. The van der Waals surface area contributed by atoms with Crippen molar-refractivity contribution in [2.45, 2.75) is 45.3 Å². The summed E-state index contributed by atoms with van der Waals surface area (Å²) in [7, 11) is 0. The second kappa shape index (κ2) is 7.88. The van der Waals surface area contributed by atoms with Gasteiger partial charge in [-0.25, -0.2) is 0 Å². The zero-order chi connectivity index (χ0) is 13.5. The van der Waals surface area contributed by atoms with Gasteiger partial charge in [-0.15, -0.1) is 0 Å². The van der Waals surface area contributed by atoms with Crippen LogP contribution in [0.4, 0.5) is 0 Å². The SMILES string of the molecule is CCCN1CCOC(C(NCC)C2=CCCCO2)C1. The summed E-state index contributed by atoms with van der Waals surface area (Å²) < 4.78 is 11.8. The van der Waals surface area contributed by atoms with Crippen LogP contribution in [0.5, 0.6) is 0 Å². The van der Waals surface area contributed by atoms with Crippen molar-refractivity contribution in [3.63, 3.8) is 0 Å². The van der Waals surface area contributed by atoms with E-state index < -0.39 is 0 Å². The Balaban J connectivity index is 1.99. The second-order valence-electron chi connectivity index (χ2n) is 5.34. The highest BCUT2D eigenvalue weighted by atomic mass is 16.5. The fraction of sp³-hybridized carbons (Fsp3) is 0.867. The molecule has 0 bridgehead atoms. The van der Waals surface area contributed by atoms with Crippen molar-refractivity contribution in [2.24, 2.45) is 0 Å². The van der Waals surface area contributed by atoms with Gasteiger partial charge in [0.25, 0.3) is 0 Å². The van der Waals surface area contributed by atoms with Gasteiger partial charge in [0.1, 0.15) is 5.76 Å². The fourth-order valence-corrected chi connectivity index (χ4v) is 2.88. The largest absolute Gasteiger partial charge is 0.496 e. The molecule has 2 aliphatic rings. The summed E-state index contributed by atoms with van der Waals surface area (Å²) in [5.41, 5.74) is 0. The summed E-state index contributed by atoms with van der Waals surface area (Å²) in [5, 5.41) is 3.54. The predicted molar refractivity (Wildman–Crippen MR) is 77.2 cm³/mol. The summed E-state index contributed by atoms with van der Waals surface area (Å²) >= 11 is 0. The third-order valence-corrected chi connectivity index (χ3v) is 3.78. The van der Waals surface area contributed by atoms with E-state index in [0.29, 0.717) is 0 Å². The van der Waals surface area contributed by atoms with Crippen molar-refractivity contribution in [2.75, 3.05) is 39.4 Å². The van der Waals surface area contributed by atoms with E-state index in [9.17, 15) is 0 Å². The van der Waals surface area contributed by atoms with Crippen molar-refractivity contribution in [1.82, 2.24) is 10.2 Å². The number of hydrogen-bond acceptors (Lipinski definition) is 4. The minimum absolute atomic E-state index is 0.213. The third kappa shape index (κ3) is 4.20. The van der Waals surface area contributed by atoms with Gasteiger partial charge in [0.2, 0.25) is 0 Å². The van der Waals surface area contributed by atoms with Gasteiger partial charge in [0, 0.05) is 13.1 Å². The second-order valence-corrected chi connectivity index (χ2v) is 5.34. The molecule has 2 unspecified atom stereocenters. The van der Waals surface area contributed by atoms with Gasteiger partial charge in [-0.1, -0.05) is 13.8 Å². The molecular weight excluding hydrogens is 240 g/mol. The molecule has 4 heteroatoms. The molecule has 0 radical (unpaired) electrons. The Morgan fingerprint density at radius 2 is 2.32 bits per heavy atom. The van der Waals surface area contributed by atoms with Crippen LogP contribution in [0.3, 0.4) is 0 Å². The van der Waals surface area contributed by atoms with Crippen LogP contribution < -0.4 is 5.32 Å². The van der Waals surface area contributed by atoms with E-state index in [-0.39, 0.29) is 12.1 Å². The van der Waals surface area contributed by atoms with Crippen molar-refractivity contribution in [3.05, 3.63) is 11.8 Å². The van der Waals surface area contributed by atoms with Crippen LogP contribution in [0.15, 0.2) is 11.8 Å². The first-order chi connectivity index (χ1) is 9.35. The van der Waals surface area contributed by atoms with Gasteiger partial charge in [-0.2, -0.15) is 0 Å². The summed E-state index contributed by atoms with van der Waals surface area (Å²) in [4.78, 5) is 2.50. The van der Waals surface area contributed by atoms with Crippen LogP contribution in [0, 0.1) is 0 Å². The molecule has 0 spiro atoms. The van der Waals surface area contributed by atoms with Crippen LogP contribution >= 0.6 is 0 Å². The van der Waals surface area contributed by atoms with Gasteiger partial charge in [0.05, 0.1) is 25.4 Å². The van der Waals surface area contributed by atoms with Crippen LogP contribution in [-0.4, -0.2) is 56.4 Å². The van der Waals surface area contributed by atoms with Crippen molar-refractivity contribution in [1.29, 1.82) is 0 Å². The standard InChI is InChI=1S/C15H28N2O2/c1-3-8-17-9-11-19-14(12-17)15(16-4-2)13-7-5-6-10-18-13/h7,14-16H,3-6,8-12H2,1-2H3. The number of nitrogens with zero attached hydrogens (tertiary/aromatic N) is 1. The quantitative estimate of drug-likeness (QED) is 0.796. The number of likely N-dealkylation sites (N-methyl/N-ethyl adjacent to an activating group) is 1. The fourth-order valence-electron chi connectivity index (χ4n) is 2.88. The van der Waals surface area contributed by atoms with E-state index >= 15 is 0 Å². The number of allylic oxidation sites excluding steroid dienone is 1. The third-order valence-electron chi connectivity index (χ3n) is 3.78. The van der Waals surface area contributed by atoms with E-state index in [1.165, 1.54) is 13.0 Å². The topological polar surface area (TPSA) is 33.7 Å². The normalized spacial score (nSPS) is 26.6. The highest BCUT2D eigenvalue weighted by Crippen LogP contribution is 2.20. The summed E-state index contributed by atoms with van der Waals surface area (Å²) in [5.74, 6) is 1.09. The number of ether oxygens (including phenoxy) is 2. The maximum atomic E-state index is 6.00. The van der Waals surface area contributed by atoms with E-state index in [1.54, 1.807) is 0 Å². The minimum atomic E-state index is 0.213. The highest BCUT2D eigenvalue weighted by Gasteiger charge is 2.31. The van der Waals surface area contributed by atoms with Crippen LogP contribution in [-0.2, 0) is 9.47 Å². The van der Waals surface area contributed by atoms with Gasteiger partial charge < -0.3 is 14.8 Å². The average molecular weight is 268 g/mol. The molecule has 0 aromatic rings. The Labute approximate surface area is 117 Å². The Bertz CT molecular complexity index is 292. The molecule has 0 aliphatic carbocycles. The molecule has 2 rings (SSSR count). The number of nitrogens with one attached hydrogen (secondary N) is 1. The van der Waals surface area contributed by atoms with Crippen molar-refractivity contribution >= 4 is 0 Å². The summed E-state index contributed by atoms with van der Waals surface area (Å²) in [6.45, 7) is 10.2. The molecule has 19 heavy (non-hydrogen) atoms. The molecule has 2 atom stereocenters. The Hall–Kier alpha value is -0.580. The Morgan fingerprint density at radius 1 is 1.42 bits per heavy atom. The number of hydrogen-bond donors (Lipinski definition) is 1. The molecule has 2 heterocycles. The predicted octanol–water partition coefficient (Wildman–Crippen LogP) is 1.77. The number of morpholine rings is 1. The molecule has 4 nitrogen and oxygen atoms in total.